The summed E-state index contributed by atoms with van der Waals surface area (Å²) in [5, 5.41) is 0. The fourth-order valence-electron chi connectivity index (χ4n) is 2.77. The van der Waals surface area contributed by atoms with E-state index in [9.17, 15) is 9.18 Å². The monoisotopic (exact) mass is 264 g/mol. The van der Waals surface area contributed by atoms with Crippen LogP contribution in [0, 0.1) is 11.7 Å². The lowest BCUT2D eigenvalue weighted by molar-refractivity contribution is -0.136. The quantitative estimate of drug-likeness (QED) is 0.911. The summed E-state index contributed by atoms with van der Waals surface area (Å²) in [5.41, 5.74) is 6.51. The number of carbonyl (C=O) groups is 1. The van der Waals surface area contributed by atoms with E-state index >= 15 is 0 Å². The van der Waals surface area contributed by atoms with Crippen LogP contribution in [-0.4, -0.2) is 23.9 Å². The SMILES string of the molecule is CC(c1ccccc1F)N(C)C(=O)C1CCCC1N. The maximum Gasteiger partial charge on any atom is 0.227 e. The van der Waals surface area contributed by atoms with Gasteiger partial charge in [-0.3, -0.25) is 4.79 Å². The van der Waals surface area contributed by atoms with E-state index in [1.54, 1.807) is 30.1 Å². The molecule has 1 aliphatic rings. The van der Waals surface area contributed by atoms with Gasteiger partial charge in [0.25, 0.3) is 0 Å². The zero-order valence-electron chi connectivity index (χ0n) is 11.5. The van der Waals surface area contributed by atoms with Crippen molar-refractivity contribution in [2.75, 3.05) is 7.05 Å². The second kappa shape index (κ2) is 5.70. The Hall–Kier alpha value is -1.42. The lowest BCUT2D eigenvalue weighted by atomic mass is 10.00. The van der Waals surface area contributed by atoms with Crippen LogP contribution in [0.1, 0.15) is 37.8 Å². The van der Waals surface area contributed by atoms with Crippen molar-refractivity contribution in [3.05, 3.63) is 35.6 Å². The predicted octanol–water partition coefficient (Wildman–Crippen LogP) is 2.47. The number of halogens is 1. The summed E-state index contributed by atoms with van der Waals surface area (Å²) in [4.78, 5) is 14.0. The number of amides is 1. The first kappa shape index (κ1) is 14.0. The molecular weight excluding hydrogens is 243 g/mol. The highest BCUT2D eigenvalue weighted by Crippen LogP contribution is 2.29. The summed E-state index contributed by atoms with van der Waals surface area (Å²) in [5.74, 6) is -0.356. The van der Waals surface area contributed by atoms with Crippen molar-refractivity contribution in [1.82, 2.24) is 4.90 Å². The number of hydrogen-bond acceptors (Lipinski definition) is 2. The summed E-state index contributed by atoms with van der Waals surface area (Å²) in [7, 11) is 1.73. The number of nitrogens with two attached hydrogens (primary N) is 1. The molecule has 0 aromatic heterocycles. The highest BCUT2D eigenvalue weighted by molar-refractivity contribution is 5.80. The minimum absolute atomic E-state index is 0.0285. The van der Waals surface area contributed by atoms with Crippen molar-refractivity contribution in [1.29, 1.82) is 0 Å². The van der Waals surface area contributed by atoms with Gasteiger partial charge in [-0.25, -0.2) is 4.39 Å². The lowest BCUT2D eigenvalue weighted by Gasteiger charge is -2.29. The van der Waals surface area contributed by atoms with Crippen LogP contribution in [0.25, 0.3) is 0 Å². The molecule has 1 fully saturated rings. The van der Waals surface area contributed by atoms with Gasteiger partial charge in [-0.05, 0) is 25.8 Å². The minimum atomic E-state index is -0.276. The smallest absolute Gasteiger partial charge is 0.227 e. The van der Waals surface area contributed by atoms with Crippen LogP contribution in [0.5, 0.6) is 0 Å². The van der Waals surface area contributed by atoms with E-state index in [1.807, 2.05) is 6.92 Å². The van der Waals surface area contributed by atoms with Crippen molar-refractivity contribution in [3.63, 3.8) is 0 Å². The maximum absolute atomic E-state index is 13.8. The van der Waals surface area contributed by atoms with E-state index in [1.165, 1.54) is 6.07 Å². The Morgan fingerprint density at radius 2 is 2.11 bits per heavy atom. The molecule has 3 nitrogen and oxygen atoms in total. The zero-order valence-corrected chi connectivity index (χ0v) is 11.5. The molecule has 4 heteroatoms. The molecular formula is C15H21FN2O. The van der Waals surface area contributed by atoms with Crippen molar-refractivity contribution in [2.24, 2.45) is 11.7 Å². The van der Waals surface area contributed by atoms with Crippen LogP contribution in [0.3, 0.4) is 0 Å². The van der Waals surface area contributed by atoms with Gasteiger partial charge in [0.05, 0.1) is 12.0 Å². The lowest BCUT2D eigenvalue weighted by Crippen LogP contribution is -2.41. The molecule has 0 bridgehead atoms. The second-order valence-electron chi connectivity index (χ2n) is 5.35. The molecule has 0 spiro atoms. The number of carbonyl (C=O) groups excluding carboxylic acids is 1. The third kappa shape index (κ3) is 2.78. The molecule has 0 radical (unpaired) electrons. The Morgan fingerprint density at radius 1 is 1.42 bits per heavy atom. The molecule has 1 amide bonds. The zero-order chi connectivity index (χ0) is 14.0. The average Bonchev–Trinajstić information content (AvgIpc) is 2.83. The van der Waals surface area contributed by atoms with Crippen molar-refractivity contribution < 1.29 is 9.18 Å². The van der Waals surface area contributed by atoms with E-state index in [4.69, 9.17) is 5.73 Å². The molecule has 1 aromatic rings. The Bertz CT molecular complexity index is 463. The van der Waals surface area contributed by atoms with Gasteiger partial charge in [-0.2, -0.15) is 0 Å². The van der Waals surface area contributed by atoms with E-state index in [0.29, 0.717) is 5.56 Å². The number of rotatable bonds is 3. The van der Waals surface area contributed by atoms with Gasteiger partial charge < -0.3 is 10.6 Å². The van der Waals surface area contributed by atoms with Crippen LogP contribution in [0.4, 0.5) is 4.39 Å². The summed E-state index contributed by atoms with van der Waals surface area (Å²) < 4.78 is 13.8. The third-order valence-corrected chi connectivity index (χ3v) is 4.17. The largest absolute Gasteiger partial charge is 0.339 e. The fourth-order valence-corrected chi connectivity index (χ4v) is 2.77. The Balaban J connectivity index is 2.13. The molecule has 19 heavy (non-hydrogen) atoms. The van der Waals surface area contributed by atoms with E-state index < -0.39 is 0 Å². The van der Waals surface area contributed by atoms with Crippen molar-refractivity contribution in [3.8, 4) is 0 Å². The molecule has 2 rings (SSSR count). The van der Waals surface area contributed by atoms with Gasteiger partial charge >= 0.3 is 0 Å². The van der Waals surface area contributed by atoms with Crippen LogP contribution >= 0.6 is 0 Å². The third-order valence-electron chi connectivity index (χ3n) is 4.17. The molecule has 0 heterocycles. The average molecular weight is 264 g/mol. The normalized spacial score (nSPS) is 24.2. The Morgan fingerprint density at radius 3 is 2.68 bits per heavy atom. The topological polar surface area (TPSA) is 46.3 Å². The second-order valence-corrected chi connectivity index (χ2v) is 5.35. The van der Waals surface area contributed by atoms with E-state index in [2.05, 4.69) is 0 Å². The minimum Gasteiger partial charge on any atom is -0.339 e. The van der Waals surface area contributed by atoms with Crippen LogP contribution in [0.2, 0.25) is 0 Å². The summed E-state index contributed by atoms with van der Waals surface area (Å²) in [6.45, 7) is 1.84. The highest BCUT2D eigenvalue weighted by atomic mass is 19.1. The predicted molar refractivity (Wildman–Crippen MR) is 72.9 cm³/mol. The number of nitrogens with zero attached hydrogens (tertiary/aromatic N) is 1. The maximum atomic E-state index is 13.8. The molecule has 0 aliphatic heterocycles. The van der Waals surface area contributed by atoms with Crippen molar-refractivity contribution in [2.45, 2.75) is 38.3 Å². The Kier molecular flexibility index (Phi) is 4.20. The first-order valence-corrected chi connectivity index (χ1v) is 6.79. The number of hydrogen-bond donors (Lipinski definition) is 1. The Labute approximate surface area is 113 Å². The fraction of sp³-hybridized carbons (Fsp3) is 0.533. The summed E-state index contributed by atoms with van der Waals surface area (Å²) >= 11 is 0. The molecule has 3 atom stereocenters. The molecule has 1 aliphatic carbocycles. The summed E-state index contributed by atoms with van der Waals surface area (Å²) in [6.07, 6.45) is 2.74. The first-order valence-electron chi connectivity index (χ1n) is 6.79. The van der Waals surface area contributed by atoms with Crippen LogP contribution in [-0.2, 0) is 4.79 Å². The standard InChI is InChI=1S/C15H21FN2O/c1-10(11-6-3-4-8-13(11)16)18(2)15(19)12-7-5-9-14(12)17/h3-4,6,8,10,12,14H,5,7,9,17H2,1-2H3. The molecule has 1 aromatic carbocycles. The molecule has 3 unspecified atom stereocenters. The van der Waals surface area contributed by atoms with Crippen LogP contribution < -0.4 is 5.73 Å². The first-order chi connectivity index (χ1) is 9.02. The van der Waals surface area contributed by atoms with Crippen LogP contribution in [0.15, 0.2) is 24.3 Å². The summed E-state index contributed by atoms with van der Waals surface area (Å²) in [6, 6.07) is 6.25. The van der Waals surface area contributed by atoms with E-state index in [0.717, 1.165) is 19.3 Å². The number of benzene rings is 1. The van der Waals surface area contributed by atoms with Crippen molar-refractivity contribution >= 4 is 5.91 Å². The van der Waals surface area contributed by atoms with Gasteiger partial charge in [0.2, 0.25) is 5.91 Å². The van der Waals surface area contributed by atoms with Gasteiger partial charge in [-0.15, -0.1) is 0 Å². The van der Waals surface area contributed by atoms with Gasteiger partial charge in [0.15, 0.2) is 0 Å². The molecule has 2 N–H and O–H groups in total. The molecule has 0 saturated heterocycles. The van der Waals surface area contributed by atoms with Gasteiger partial charge in [0.1, 0.15) is 5.82 Å². The van der Waals surface area contributed by atoms with Gasteiger partial charge in [-0.1, -0.05) is 24.6 Å². The molecule has 1 saturated carbocycles. The van der Waals surface area contributed by atoms with Gasteiger partial charge in [0, 0.05) is 18.7 Å². The van der Waals surface area contributed by atoms with E-state index in [-0.39, 0.29) is 29.7 Å². The molecule has 104 valence electrons. The highest BCUT2D eigenvalue weighted by Gasteiger charge is 2.34.